The van der Waals surface area contributed by atoms with E-state index in [1.807, 2.05) is 30.3 Å². The highest BCUT2D eigenvalue weighted by molar-refractivity contribution is 6.30. The third-order valence-electron chi connectivity index (χ3n) is 5.35. The molecule has 3 aromatic carbocycles. The number of nitrogens with zero attached hydrogens (tertiary/aromatic N) is 7. The fourth-order valence-corrected chi connectivity index (χ4v) is 3.79. The molecule has 1 N–H and O–H groups in total. The van der Waals surface area contributed by atoms with E-state index in [1.54, 1.807) is 31.3 Å². The largest absolute Gasteiger partial charge is 0.457 e. The van der Waals surface area contributed by atoms with Gasteiger partial charge in [-0.25, -0.2) is 4.68 Å². The standard InChI is InChI=1S/C25H19ClN8O4/c1-16-11-18(26)7-8-23(16)38-21-13-19(12-20(14-21)34(36)37)27-25(35)22-9-10-32(29-22)15-33-30-24(28-31-33)17-5-3-2-4-6-17/h2-14H,15H2,1H3,(H,27,35). The molecular formula is C25H19ClN8O4. The quantitative estimate of drug-likeness (QED) is 0.219. The van der Waals surface area contributed by atoms with Crippen molar-refractivity contribution in [2.45, 2.75) is 13.6 Å². The number of rotatable bonds is 8. The second-order valence-electron chi connectivity index (χ2n) is 8.17. The Hall–Kier alpha value is -5.10. The van der Waals surface area contributed by atoms with Gasteiger partial charge in [-0.15, -0.1) is 15.0 Å². The van der Waals surface area contributed by atoms with E-state index in [-0.39, 0.29) is 29.5 Å². The smallest absolute Gasteiger partial charge is 0.276 e. The minimum atomic E-state index is -0.569. The Morgan fingerprint density at radius 2 is 1.89 bits per heavy atom. The lowest BCUT2D eigenvalue weighted by Gasteiger charge is -2.11. The number of halogens is 1. The van der Waals surface area contributed by atoms with Crippen LogP contribution in [-0.4, -0.2) is 40.8 Å². The SMILES string of the molecule is Cc1cc(Cl)ccc1Oc1cc(NC(=O)c2ccn(Cn3nnc(-c4ccccc4)n3)n2)cc([N+](=O)[O-])c1. The zero-order valence-electron chi connectivity index (χ0n) is 19.9. The normalized spacial score (nSPS) is 10.8. The van der Waals surface area contributed by atoms with Crippen molar-refractivity contribution < 1.29 is 14.5 Å². The predicted octanol–water partition coefficient (Wildman–Crippen LogP) is 4.96. The average molecular weight is 531 g/mol. The van der Waals surface area contributed by atoms with Crippen LogP contribution in [0.1, 0.15) is 16.1 Å². The summed E-state index contributed by atoms with van der Waals surface area (Å²) in [6.45, 7) is 1.93. The molecule has 38 heavy (non-hydrogen) atoms. The van der Waals surface area contributed by atoms with Crippen molar-refractivity contribution >= 4 is 28.9 Å². The molecule has 0 spiro atoms. The number of nitro benzene ring substituents is 1. The number of hydrogen-bond donors (Lipinski definition) is 1. The number of hydrogen-bond acceptors (Lipinski definition) is 8. The summed E-state index contributed by atoms with van der Waals surface area (Å²) in [6.07, 6.45) is 1.59. The van der Waals surface area contributed by atoms with Crippen molar-refractivity contribution in [3.8, 4) is 22.9 Å². The lowest BCUT2D eigenvalue weighted by molar-refractivity contribution is -0.384. The van der Waals surface area contributed by atoms with Gasteiger partial charge in [-0.3, -0.25) is 14.9 Å². The van der Waals surface area contributed by atoms with Crippen LogP contribution in [0.2, 0.25) is 5.02 Å². The van der Waals surface area contributed by atoms with Crippen LogP contribution in [0, 0.1) is 17.0 Å². The van der Waals surface area contributed by atoms with Crippen LogP contribution in [0.25, 0.3) is 11.4 Å². The number of tetrazole rings is 1. The molecule has 2 heterocycles. The van der Waals surface area contributed by atoms with E-state index in [9.17, 15) is 14.9 Å². The van der Waals surface area contributed by atoms with Crippen LogP contribution in [0.15, 0.2) is 79.0 Å². The molecule has 0 aliphatic carbocycles. The number of carbonyl (C=O) groups excluding carboxylic acids is 1. The van der Waals surface area contributed by atoms with E-state index in [0.717, 1.165) is 11.1 Å². The number of nitro groups is 1. The average Bonchev–Trinajstić information content (AvgIpc) is 3.56. The minimum absolute atomic E-state index is 0.0934. The topological polar surface area (TPSA) is 143 Å². The molecule has 0 radical (unpaired) electrons. The first kappa shape index (κ1) is 24.6. The summed E-state index contributed by atoms with van der Waals surface area (Å²) in [4.78, 5) is 25.1. The fourth-order valence-electron chi connectivity index (χ4n) is 3.57. The highest BCUT2D eigenvalue weighted by atomic mass is 35.5. The first-order valence-corrected chi connectivity index (χ1v) is 11.6. The van der Waals surface area contributed by atoms with Gasteiger partial charge < -0.3 is 10.1 Å². The van der Waals surface area contributed by atoms with Crippen LogP contribution < -0.4 is 10.1 Å². The van der Waals surface area contributed by atoms with Gasteiger partial charge in [-0.1, -0.05) is 41.9 Å². The van der Waals surface area contributed by atoms with Crippen LogP contribution in [-0.2, 0) is 6.67 Å². The van der Waals surface area contributed by atoms with Crippen LogP contribution in [0.5, 0.6) is 11.5 Å². The van der Waals surface area contributed by atoms with Crippen molar-refractivity contribution in [1.82, 2.24) is 30.0 Å². The molecule has 190 valence electrons. The molecule has 12 nitrogen and oxygen atoms in total. The number of amides is 1. The summed E-state index contributed by atoms with van der Waals surface area (Å²) in [6, 6.07) is 19.9. The molecule has 0 atom stereocenters. The monoisotopic (exact) mass is 530 g/mol. The molecule has 0 saturated carbocycles. The third-order valence-corrected chi connectivity index (χ3v) is 5.59. The Kier molecular flexibility index (Phi) is 6.78. The molecule has 5 aromatic rings. The molecule has 5 rings (SSSR count). The maximum Gasteiger partial charge on any atom is 0.276 e. The molecule has 13 heteroatoms. The molecule has 0 unspecified atom stereocenters. The Morgan fingerprint density at radius 3 is 2.66 bits per heavy atom. The second kappa shape index (κ2) is 10.5. The van der Waals surface area contributed by atoms with Gasteiger partial charge in [0, 0.05) is 28.9 Å². The number of nitrogens with one attached hydrogen (secondary N) is 1. The van der Waals surface area contributed by atoms with Crippen molar-refractivity contribution in [2.24, 2.45) is 0 Å². The molecule has 0 saturated heterocycles. The Balaban J connectivity index is 1.30. The van der Waals surface area contributed by atoms with E-state index in [2.05, 4.69) is 25.8 Å². The van der Waals surface area contributed by atoms with Crippen LogP contribution in [0.3, 0.4) is 0 Å². The van der Waals surface area contributed by atoms with E-state index in [4.69, 9.17) is 16.3 Å². The molecule has 0 aliphatic heterocycles. The first-order chi connectivity index (χ1) is 18.3. The van der Waals surface area contributed by atoms with Crippen molar-refractivity contribution in [1.29, 1.82) is 0 Å². The number of carbonyl (C=O) groups is 1. The third kappa shape index (κ3) is 5.65. The summed E-state index contributed by atoms with van der Waals surface area (Å²) >= 11 is 5.99. The Labute approximate surface area is 220 Å². The number of non-ortho nitro benzene ring substituents is 1. The summed E-state index contributed by atoms with van der Waals surface area (Å²) in [7, 11) is 0. The fraction of sp³-hybridized carbons (Fsp3) is 0.0800. The summed E-state index contributed by atoms with van der Waals surface area (Å²) in [5.74, 6) is 0.558. The van der Waals surface area contributed by atoms with Gasteiger partial charge in [0.1, 0.15) is 11.5 Å². The number of benzene rings is 3. The molecular weight excluding hydrogens is 512 g/mol. The Bertz CT molecular complexity index is 1630. The van der Waals surface area contributed by atoms with Crippen molar-refractivity contribution in [3.63, 3.8) is 0 Å². The zero-order chi connectivity index (χ0) is 26.6. The maximum absolute atomic E-state index is 12.8. The summed E-state index contributed by atoms with van der Waals surface area (Å²) in [5, 5.41) is 31.3. The maximum atomic E-state index is 12.8. The second-order valence-corrected chi connectivity index (χ2v) is 8.61. The van der Waals surface area contributed by atoms with Gasteiger partial charge in [0.15, 0.2) is 12.4 Å². The molecule has 0 bridgehead atoms. The van der Waals surface area contributed by atoms with E-state index in [0.29, 0.717) is 16.6 Å². The highest BCUT2D eigenvalue weighted by Crippen LogP contribution is 2.32. The van der Waals surface area contributed by atoms with Gasteiger partial charge in [0.25, 0.3) is 11.6 Å². The Morgan fingerprint density at radius 1 is 1.08 bits per heavy atom. The highest BCUT2D eigenvalue weighted by Gasteiger charge is 2.16. The van der Waals surface area contributed by atoms with Gasteiger partial charge in [0.05, 0.1) is 16.7 Å². The molecule has 0 aliphatic rings. The van der Waals surface area contributed by atoms with Crippen LogP contribution in [0.4, 0.5) is 11.4 Å². The number of anilines is 1. The minimum Gasteiger partial charge on any atom is -0.457 e. The van der Waals surface area contributed by atoms with E-state index >= 15 is 0 Å². The number of aromatic nitrogens is 6. The van der Waals surface area contributed by atoms with Gasteiger partial charge in [0.2, 0.25) is 5.82 Å². The van der Waals surface area contributed by atoms with Crippen LogP contribution >= 0.6 is 11.6 Å². The van der Waals surface area contributed by atoms with Gasteiger partial charge in [-0.2, -0.15) is 5.10 Å². The number of aryl methyl sites for hydroxylation is 1. The molecule has 0 fully saturated rings. The van der Waals surface area contributed by atoms with Crippen molar-refractivity contribution in [2.75, 3.05) is 5.32 Å². The predicted molar refractivity (Wildman–Crippen MR) is 138 cm³/mol. The zero-order valence-corrected chi connectivity index (χ0v) is 20.6. The molecule has 2 aromatic heterocycles. The van der Waals surface area contributed by atoms with E-state index in [1.165, 1.54) is 33.7 Å². The van der Waals surface area contributed by atoms with Gasteiger partial charge in [-0.05, 0) is 42.0 Å². The first-order valence-electron chi connectivity index (χ1n) is 11.3. The lowest BCUT2D eigenvalue weighted by Crippen LogP contribution is -2.16. The summed E-state index contributed by atoms with van der Waals surface area (Å²) in [5.41, 5.74) is 1.59. The molecule has 1 amide bonds. The van der Waals surface area contributed by atoms with Crippen molar-refractivity contribution in [3.05, 3.63) is 105 Å². The van der Waals surface area contributed by atoms with E-state index < -0.39 is 10.8 Å². The van der Waals surface area contributed by atoms with Gasteiger partial charge >= 0.3 is 0 Å². The lowest BCUT2D eigenvalue weighted by atomic mass is 10.2. The summed E-state index contributed by atoms with van der Waals surface area (Å²) < 4.78 is 7.30. The number of ether oxygens (including phenoxy) is 1.